The van der Waals surface area contributed by atoms with Gasteiger partial charge in [-0.3, -0.25) is 0 Å². The van der Waals surface area contributed by atoms with Gasteiger partial charge in [0.2, 0.25) is 0 Å². The van der Waals surface area contributed by atoms with E-state index in [1.165, 1.54) is 25.7 Å². The maximum atomic E-state index is 5.76. The highest BCUT2D eigenvalue weighted by atomic mass is 16.6. The Morgan fingerprint density at radius 3 is 1.10 bits per heavy atom. The maximum Gasteiger partial charge on any atom is 0.0842 e. The fourth-order valence-electron chi connectivity index (χ4n) is 2.47. The molecule has 0 aromatic rings. The third-order valence-corrected chi connectivity index (χ3v) is 3.00. The van der Waals surface area contributed by atoms with Gasteiger partial charge in [0.1, 0.15) is 0 Å². The van der Waals surface area contributed by atoms with Crippen molar-refractivity contribution in [1.82, 2.24) is 0 Å². The van der Waals surface area contributed by atoms with Crippen molar-refractivity contribution >= 4 is 0 Å². The minimum atomic E-state index is 0.462. The zero-order valence-electron chi connectivity index (χ0n) is 5.95. The third kappa shape index (κ3) is 0.565. The molecule has 0 radical (unpaired) electrons. The summed E-state index contributed by atoms with van der Waals surface area (Å²) in [5, 5.41) is 0. The van der Waals surface area contributed by atoms with Crippen molar-refractivity contribution in [2.45, 2.75) is 50.1 Å². The summed E-state index contributed by atoms with van der Waals surface area (Å²) in [6.45, 7) is 0. The zero-order chi connectivity index (χ0) is 6.55. The van der Waals surface area contributed by atoms with Crippen LogP contribution in [0.2, 0.25) is 0 Å². The maximum absolute atomic E-state index is 5.76. The second-order valence-electron chi connectivity index (χ2n) is 3.58. The van der Waals surface area contributed by atoms with Gasteiger partial charge in [-0.25, -0.2) is 0 Å². The molecule has 2 heteroatoms. The van der Waals surface area contributed by atoms with Gasteiger partial charge in [0.05, 0.1) is 24.4 Å². The molecule has 56 valence electrons. The molecule has 0 unspecified atom stereocenters. The molecule has 4 bridgehead atoms. The summed E-state index contributed by atoms with van der Waals surface area (Å²) in [6, 6.07) is 0. The average molecular weight is 140 g/mol. The fraction of sp³-hybridized carbons (Fsp3) is 1.00. The predicted octanol–water partition coefficient (Wildman–Crippen LogP) is 1.10. The van der Waals surface area contributed by atoms with Crippen LogP contribution in [-0.4, -0.2) is 24.4 Å². The van der Waals surface area contributed by atoms with Crippen molar-refractivity contribution < 1.29 is 9.47 Å². The van der Waals surface area contributed by atoms with E-state index in [1.807, 2.05) is 0 Å². The Morgan fingerprint density at radius 2 is 0.900 bits per heavy atom. The third-order valence-electron chi connectivity index (χ3n) is 3.00. The largest absolute Gasteiger partial charge is 0.370 e. The standard InChI is InChI=1S/C8H12O2/c1-2-6-8-4-3-7(10-6)5(1)9-8/h5-8H,1-4H2/t5-,6-,7+,8+. The fourth-order valence-corrected chi connectivity index (χ4v) is 2.47. The molecule has 0 aromatic heterocycles. The summed E-state index contributed by atoms with van der Waals surface area (Å²) >= 11 is 0. The van der Waals surface area contributed by atoms with Gasteiger partial charge in [-0.2, -0.15) is 0 Å². The highest BCUT2D eigenvalue weighted by molar-refractivity contribution is 4.95. The van der Waals surface area contributed by atoms with E-state index >= 15 is 0 Å². The monoisotopic (exact) mass is 140 g/mol. The molecule has 4 atom stereocenters. The molecule has 0 amide bonds. The minimum Gasteiger partial charge on any atom is -0.370 e. The first-order valence-electron chi connectivity index (χ1n) is 4.24. The van der Waals surface area contributed by atoms with Crippen molar-refractivity contribution in [2.75, 3.05) is 0 Å². The highest BCUT2D eigenvalue weighted by Gasteiger charge is 2.47. The second kappa shape index (κ2) is 1.74. The predicted molar refractivity (Wildman–Crippen MR) is 35.8 cm³/mol. The molecular weight excluding hydrogens is 128 g/mol. The van der Waals surface area contributed by atoms with Crippen LogP contribution in [0.5, 0.6) is 0 Å². The molecule has 5 saturated heterocycles. The van der Waals surface area contributed by atoms with Crippen molar-refractivity contribution in [2.24, 2.45) is 0 Å². The Hall–Kier alpha value is -0.0800. The SMILES string of the molecule is C1C[C@@H]2O[C@@H]3CC[C@H]2O[C@@H]13. The smallest absolute Gasteiger partial charge is 0.0842 e. The van der Waals surface area contributed by atoms with Gasteiger partial charge in [-0.15, -0.1) is 0 Å². The number of hydrogen-bond acceptors (Lipinski definition) is 2. The van der Waals surface area contributed by atoms with Gasteiger partial charge in [0.15, 0.2) is 0 Å². The van der Waals surface area contributed by atoms with Crippen LogP contribution in [0.25, 0.3) is 0 Å². The lowest BCUT2D eigenvalue weighted by atomic mass is 9.84. The summed E-state index contributed by atoms with van der Waals surface area (Å²) in [7, 11) is 0. The molecule has 5 aliphatic rings. The summed E-state index contributed by atoms with van der Waals surface area (Å²) in [4.78, 5) is 0. The zero-order valence-corrected chi connectivity index (χ0v) is 5.95. The minimum absolute atomic E-state index is 0.462. The van der Waals surface area contributed by atoms with Gasteiger partial charge in [0.25, 0.3) is 0 Å². The Labute approximate surface area is 60.5 Å². The van der Waals surface area contributed by atoms with E-state index in [0.717, 1.165) is 0 Å². The lowest BCUT2D eigenvalue weighted by Crippen LogP contribution is -2.58. The molecule has 5 heterocycles. The van der Waals surface area contributed by atoms with Crippen LogP contribution in [0.3, 0.4) is 0 Å². The number of rotatable bonds is 0. The molecule has 10 heavy (non-hydrogen) atoms. The first-order valence-corrected chi connectivity index (χ1v) is 4.24. The molecular formula is C8H12O2. The van der Waals surface area contributed by atoms with Crippen LogP contribution in [0.15, 0.2) is 0 Å². The lowest BCUT2D eigenvalue weighted by molar-refractivity contribution is -0.285. The Kier molecular flexibility index (Phi) is 0.968. The molecule has 0 spiro atoms. The van der Waals surface area contributed by atoms with E-state index in [4.69, 9.17) is 9.47 Å². The van der Waals surface area contributed by atoms with Gasteiger partial charge < -0.3 is 9.47 Å². The summed E-state index contributed by atoms with van der Waals surface area (Å²) in [6.07, 6.45) is 6.81. The van der Waals surface area contributed by atoms with Crippen molar-refractivity contribution in [3.8, 4) is 0 Å². The quantitative estimate of drug-likeness (QED) is 0.501. The van der Waals surface area contributed by atoms with Gasteiger partial charge in [-0.1, -0.05) is 0 Å². The Balaban J connectivity index is 1.94. The molecule has 5 fully saturated rings. The summed E-state index contributed by atoms with van der Waals surface area (Å²) in [5.74, 6) is 0. The van der Waals surface area contributed by atoms with Gasteiger partial charge >= 0.3 is 0 Å². The van der Waals surface area contributed by atoms with Crippen LogP contribution >= 0.6 is 0 Å². The molecule has 5 rings (SSSR count). The summed E-state index contributed by atoms with van der Waals surface area (Å²) in [5.41, 5.74) is 0. The van der Waals surface area contributed by atoms with E-state index in [2.05, 4.69) is 0 Å². The highest BCUT2D eigenvalue weighted by Crippen LogP contribution is 2.41. The van der Waals surface area contributed by atoms with Crippen LogP contribution in [0, 0.1) is 0 Å². The van der Waals surface area contributed by atoms with E-state index in [-0.39, 0.29) is 0 Å². The number of hydrogen-bond donors (Lipinski definition) is 0. The van der Waals surface area contributed by atoms with Crippen LogP contribution < -0.4 is 0 Å². The topological polar surface area (TPSA) is 18.5 Å². The molecule has 0 aromatic carbocycles. The van der Waals surface area contributed by atoms with Crippen molar-refractivity contribution in [3.63, 3.8) is 0 Å². The first-order chi connectivity index (χ1) is 4.93. The average Bonchev–Trinajstić information content (AvgIpc) is 2.05. The number of ether oxygens (including phenoxy) is 2. The molecule has 0 saturated carbocycles. The van der Waals surface area contributed by atoms with Gasteiger partial charge in [-0.05, 0) is 25.7 Å². The van der Waals surface area contributed by atoms with Gasteiger partial charge in [0, 0.05) is 0 Å². The van der Waals surface area contributed by atoms with E-state index in [9.17, 15) is 0 Å². The molecule has 5 aliphatic heterocycles. The summed E-state index contributed by atoms with van der Waals surface area (Å²) < 4.78 is 11.5. The lowest BCUT2D eigenvalue weighted by Gasteiger charge is -2.51. The van der Waals surface area contributed by atoms with E-state index in [0.29, 0.717) is 24.4 Å². The molecule has 0 aliphatic carbocycles. The second-order valence-corrected chi connectivity index (χ2v) is 3.58. The van der Waals surface area contributed by atoms with Crippen molar-refractivity contribution in [3.05, 3.63) is 0 Å². The van der Waals surface area contributed by atoms with Crippen LogP contribution in [0.1, 0.15) is 25.7 Å². The first kappa shape index (κ1) is 5.56. The van der Waals surface area contributed by atoms with Crippen LogP contribution in [0.4, 0.5) is 0 Å². The Bertz CT molecular complexity index is 123. The van der Waals surface area contributed by atoms with E-state index < -0.39 is 0 Å². The van der Waals surface area contributed by atoms with Crippen LogP contribution in [-0.2, 0) is 9.47 Å². The number of fused-ring (bicyclic) bond motifs is 2. The molecule has 2 nitrogen and oxygen atoms in total. The van der Waals surface area contributed by atoms with Crippen molar-refractivity contribution in [1.29, 1.82) is 0 Å². The normalized spacial score (nSPS) is 57.6. The Morgan fingerprint density at radius 1 is 0.600 bits per heavy atom. The van der Waals surface area contributed by atoms with E-state index in [1.54, 1.807) is 0 Å². The molecule has 0 N–H and O–H groups in total.